The number of rotatable bonds is 2. The molecule has 1 spiro atoms. The molecule has 0 bridgehead atoms. The highest BCUT2D eigenvalue weighted by Crippen LogP contribution is 2.34. The van der Waals surface area contributed by atoms with E-state index in [0.717, 1.165) is 51.1 Å². The molecule has 136 valence electrons. The molecule has 1 aromatic carbocycles. The van der Waals surface area contributed by atoms with Gasteiger partial charge in [0.1, 0.15) is 0 Å². The van der Waals surface area contributed by atoms with E-state index in [2.05, 4.69) is 44.3 Å². The van der Waals surface area contributed by atoms with Crippen LogP contribution in [0, 0.1) is 0 Å². The van der Waals surface area contributed by atoms with Crippen molar-refractivity contribution in [1.82, 2.24) is 15.2 Å². The lowest BCUT2D eigenvalue weighted by atomic mass is 10.0. The van der Waals surface area contributed by atoms with E-state index in [1.807, 2.05) is 0 Å². The molecule has 1 aromatic heterocycles. The van der Waals surface area contributed by atoms with Gasteiger partial charge in [-0.2, -0.15) is 10.1 Å². The number of nitrogens with zero attached hydrogens (tertiary/aromatic N) is 5. The van der Waals surface area contributed by atoms with Crippen molar-refractivity contribution in [3.63, 3.8) is 0 Å². The van der Waals surface area contributed by atoms with E-state index in [4.69, 9.17) is 14.5 Å². The average molecular weight is 353 g/mol. The zero-order valence-electron chi connectivity index (χ0n) is 14.8. The second kappa shape index (κ2) is 6.48. The molecule has 0 saturated carbocycles. The van der Waals surface area contributed by atoms with Gasteiger partial charge in [0.15, 0.2) is 11.6 Å². The van der Waals surface area contributed by atoms with Crippen LogP contribution in [0.25, 0.3) is 0 Å². The predicted octanol–water partition coefficient (Wildman–Crippen LogP) is 2.30. The summed E-state index contributed by atoms with van der Waals surface area (Å²) < 4.78 is 11.6. The Bertz CT molecular complexity index is 783. The molecule has 0 amide bonds. The van der Waals surface area contributed by atoms with Crippen LogP contribution in [0.3, 0.4) is 0 Å². The van der Waals surface area contributed by atoms with Crippen molar-refractivity contribution in [1.29, 1.82) is 0 Å². The molecule has 5 rings (SSSR count). The molecule has 7 heteroatoms. The molecular formula is C19H23N5O2. The van der Waals surface area contributed by atoms with Crippen LogP contribution in [0.15, 0.2) is 30.5 Å². The van der Waals surface area contributed by atoms with E-state index < -0.39 is 0 Å². The van der Waals surface area contributed by atoms with Crippen molar-refractivity contribution >= 4 is 17.5 Å². The highest BCUT2D eigenvalue weighted by atomic mass is 16.7. The lowest BCUT2D eigenvalue weighted by Gasteiger charge is -2.37. The summed E-state index contributed by atoms with van der Waals surface area (Å²) in [7, 11) is 0. The van der Waals surface area contributed by atoms with Gasteiger partial charge in [0.05, 0.1) is 19.4 Å². The molecule has 4 heterocycles. The van der Waals surface area contributed by atoms with Gasteiger partial charge in [0.25, 0.3) is 0 Å². The van der Waals surface area contributed by atoms with E-state index in [1.54, 1.807) is 6.20 Å². The molecule has 0 unspecified atom stereocenters. The average Bonchev–Trinajstić information content (AvgIpc) is 3.16. The Kier molecular flexibility index (Phi) is 3.98. The first kappa shape index (κ1) is 16.0. The van der Waals surface area contributed by atoms with Gasteiger partial charge in [-0.15, -0.1) is 5.10 Å². The SMILES string of the molecule is c1ccc2c(c1)CCCN2c1cnnc(N2CCC3(CC2)OCCO3)n1. The number of anilines is 3. The van der Waals surface area contributed by atoms with E-state index >= 15 is 0 Å². The molecule has 3 aliphatic rings. The van der Waals surface area contributed by atoms with E-state index in [1.165, 1.54) is 11.3 Å². The zero-order valence-corrected chi connectivity index (χ0v) is 14.8. The second-order valence-electron chi connectivity index (χ2n) is 7.09. The lowest BCUT2D eigenvalue weighted by molar-refractivity contribution is -0.169. The number of ether oxygens (including phenoxy) is 2. The molecule has 0 radical (unpaired) electrons. The fourth-order valence-electron chi connectivity index (χ4n) is 4.15. The summed E-state index contributed by atoms with van der Waals surface area (Å²) in [5.41, 5.74) is 2.60. The maximum atomic E-state index is 5.81. The van der Waals surface area contributed by atoms with Gasteiger partial charge in [0.2, 0.25) is 5.95 Å². The number of aromatic nitrogens is 3. The highest BCUT2D eigenvalue weighted by molar-refractivity contribution is 5.65. The third-order valence-electron chi connectivity index (χ3n) is 5.54. The minimum absolute atomic E-state index is 0.382. The number of hydrogen-bond donors (Lipinski definition) is 0. The van der Waals surface area contributed by atoms with Crippen molar-refractivity contribution in [3.05, 3.63) is 36.0 Å². The second-order valence-corrected chi connectivity index (χ2v) is 7.09. The summed E-state index contributed by atoms with van der Waals surface area (Å²) in [4.78, 5) is 9.27. The minimum atomic E-state index is -0.382. The summed E-state index contributed by atoms with van der Waals surface area (Å²) in [5.74, 6) is 1.18. The Balaban J connectivity index is 1.37. The summed E-state index contributed by atoms with van der Waals surface area (Å²) in [5, 5.41) is 8.52. The normalized spacial score (nSPS) is 21.8. The fraction of sp³-hybridized carbons (Fsp3) is 0.526. The summed E-state index contributed by atoms with van der Waals surface area (Å²) in [6.07, 6.45) is 5.68. The van der Waals surface area contributed by atoms with Crippen molar-refractivity contribution in [3.8, 4) is 0 Å². The van der Waals surface area contributed by atoms with Gasteiger partial charge in [0, 0.05) is 38.2 Å². The Morgan fingerprint density at radius 2 is 1.81 bits per heavy atom. The van der Waals surface area contributed by atoms with Gasteiger partial charge in [-0.1, -0.05) is 18.2 Å². The van der Waals surface area contributed by atoms with Crippen molar-refractivity contribution in [2.45, 2.75) is 31.5 Å². The van der Waals surface area contributed by atoms with Crippen LogP contribution in [0.2, 0.25) is 0 Å². The first-order valence-corrected chi connectivity index (χ1v) is 9.41. The van der Waals surface area contributed by atoms with Gasteiger partial charge in [-0.25, -0.2) is 0 Å². The van der Waals surface area contributed by atoms with E-state index in [9.17, 15) is 0 Å². The number of aryl methyl sites for hydroxylation is 1. The Morgan fingerprint density at radius 1 is 1.00 bits per heavy atom. The molecule has 7 nitrogen and oxygen atoms in total. The summed E-state index contributed by atoms with van der Waals surface area (Å²) in [6.45, 7) is 3.99. The third kappa shape index (κ3) is 2.81. The van der Waals surface area contributed by atoms with Crippen LogP contribution in [0.1, 0.15) is 24.8 Å². The van der Waals surface area contributed by atoms with Crippen molar-refractivity contribution in [2.24, 2.45) is 0 Å². The van der Waals surface area contributed by atoms with E-state index in [0.29, 0.717) is 19.2 Å². The zero-order chi connectivity index (χ0) is 17.4. The maximum Gasteiger partial charge on any atom is 0.247 e. The number of para-hydroxylation sites is 1. The van der Waals surface area contributed by atoms with Gasteiger partial charge >= 0.3 is 0 Å². The standard InChI is InChI=1S/C19H23N5O2/c1-2-6-16-15(4-1)5-3-9-24(16)17-14-20-22-18(21-17)23-10-7-19(8-11-23)25-12-13-26-19/h1-2,4,6,14H,3,5,7-13H2. The third-order valence-corrected chi connectivity index (χ3v) is 5.54. The predicted molar refractivity (Wildman–Crippen MR) is 97.7 cm³/mol. The quantitative estimate of drug-likeness (QED) is 0.821. The van der Waals surface area contributed by atoms with Gasteiger partial charge in [-0.05, 0) is 24.5 Å². The molecule has 26 heavy (non-hydrogen) atoms. The Morgan fingerprint density at radius 3 is 2.65 bits per heavy atom. The number of hydrogen-bond acceptors (Lipinski definition) is 7. The first-order chi connectivity index (χ1) is 12.8. The molecule has 2 aromatic rings. The number of benzene rings is 1. The van der Waals surface area contributed by atoms with Crippen LogP contribution >= 0.6 is 0 Å². The molecular weight excluding hydrogens is 330 g/mol. The topological polar surface area (TPSA) is 63.6 Å². The van der Waals surface area contributed by atoms with E-state index in [-0.39, 0.29) is 5.79 Å². The van der Waals surface area contributed by atoms with Crippen molar-refractivity contribution in [2.75, 3.05) is 42.6 Å². The summed E-state index contributed by atoms with van der Waals surface area (Å²) in [6, 6.07) is 8.54. The highest BCUT2D eigenvalue weighted by Gasteiger charge is 2.40. The van der Waals surface area contributed by atoms with Crippen LogP contribution < -0.4 is 9.80 Å². The largest absolute Gasteiger partial charge is 0.347 e. The van der Waals surface area contributed by atoms with Crippen LogP contribution in [0.5, 0.6) is 0 Å². The van der Waals surface area contributed by atoms with Crippen LogP contribution in [-0.4, -0.2) is 53.8 Å². The molecule has 2 saturated heterocycles. The van der Waals surface area contributed by atoms with Crippen molar-refractivity contribution < 1.29 is 9.47 Å². The van der Waals surface area contributed by atoms with Crippen LogP contribution in [0.4, 0.5) is 17.5 Å². The number of piperidine rings is 1. The van der Waals surface area contributed by atoms with Crippen LogP contribution in [-0.2, 0) is 15.9 Å². The molecule has 2 fully saturated rings. The molecule has 0 aliphatic carbocycles. The van der Waals surface area contributed by atoms with Gasteiger partial charge < -0.3 is 19.3 Å². The minimum Gasteiger partial charge on any atom is -0.347 e. The monoisotopic (exact) mass is 353 g/mol. The lowest BCUT2D eigenvalue weighted by Crippen LogP contribution is -2.45. The fourth-order valence-corrected chi connectivity index (χ4v) is 4.15. The maximum absolute atomic E-state index is 5.81. The Labute approximate surface area is 152 Å². The van der Waals surface area contributed by atoms with Gasteiger partial charge in [-0.3, -0.25) is 0 Å². The molecule has 0 N–H and O–H groups in total. The Hall–Kier alpha value is -2.25. The first-order valence-electron chi connectivity index (χ1n) is 9.41. The summed E-state index contributed by atoms with van der Waals surface area (Å²) >= 11 is 0. The molecule has 3 aliphatic heterocycles. The smallest absolute Gasteiger partial charge is 0.247 e. The number of fused-ring (bicyclic) bond motifs is 1. The molecule has 0 atom stereocenters.